The van der Waals surface area contributed by atoms with Crippen LogP contribution >= 0.6 is 0 Å². The molecule has 1 aliphatic rings. The van der Waals surface area contributed by atoms with Gasteiger partial charge in [0.2, 0.25) is 11.8 Å². The Morgan fingerprint density at radius 2 is 1.84 bits per heavy atom. The maximum absolute atomic E-state index is 13.1. The number of ether oxygens (including phenoxy) is 1. The number of carbonyl (C=O) groups is 2. The zero-order valence-electron chi connectivity index (χ0n) is 18.5. The van der Waals surface area contributed by atoms with Gasteiger partial charge in [0.25, 0.3) is 0 Å². The van der Waals surface area contributed by atoms with E-state index in [0.717, 1.165) is 28.1 Å². The van der Waals surface area contributed by atoms with Crippen molar-refractivity contribution in [3.8, 4) is 5.75 Å². The quantitative estimate of drug-likeness (QED) is 0.623. The van der Waals surface area contributed by atoms with Crippen molar-refractivity contribution < 1.29 is 14.3 Å². The van der Waals surface area contributed by atoms with Gasteiger partial charge in [0, 0.05) is 44.9 Å². The summed E-state index contributed by atoms with van der Waals surface area (Å²) < 4.78 is 6.89. The molecule has 1 unspecified atom stereocenters. The number of benzene rings is 2. The second-order valence-corrected chi connectivity index (χ2v) is 8.09. The molecule has 3 aromatic rings. The van der Waals surface area contributed by atoms with Gasteiger partial charge in [-0.05, 0) is 29.7 Å². The van der Waals surface area contributed by atoms with Gasteiger partial charge in [-0.3, -0.25) is 14.3 Å². The lowest BCUT2D eigenvalue weighted by atomic mass is 9.95. The van der Waals surface area contributed by atoms with E-state index in [-0.39, 0.29) is 11.8 Å². The number of nitrogens with zero attached hydrogens (tertiary/aromatic N) is 3. The van der Waals surface area contributed by atoms with Gasteiger partial charge in [0.15, 0.2) is 0 Å². The number of carbonyl (C=O) groups excluding carboxylic acids is 2. The van der Waals surface area contributed by atoms with Gasteiger partial charge in [0.1, 0.15) is 5.75 Å². The van der Waals surface area contributed by atoms with Crippen molar-refractivity contribution in [1.82, 2.24) is 20.0 Å². The van der Waals surface area contributed by atoms with Crippen molar-refractivity contribution in [3.05, 3.63) is 83.2 Å². The first kappa shape index (κ1) is 21.6. The number of amides is 2. The van der Waals surface area contributed by atoms with E-state index in [0.29, 0.717) is 32.5 Å². The number of rotatable bonds is 7. The monoisotopic (exact) mass is 432 g/mol. The third-order valence-corrected chi connectivity index (χ3v) is 5.80. The molecule has 2 heterocycles. The van der Waals surface area contributed by atoms with Crippen LogP contribution in [0.2, 0.25) is 0 Å². The van der Waals surface area contributed by atoms with Crippen LogP contribution in [-0.4, -0.2) is 40.1 Å². The lowest BCUT2D eigenvalue weighted by Crippen LogP contribution is -2.43. The number of hydrogen-bond acceptors (Lipinski definition) is 4. The average molecular weight is 433 g/mol. The number of hydrogen-bond donors (Lipinski definition) is 1. The first-order valence-corrected chi connectivity index (χ1v) is 10.8. The Bertz CT molecular complexity index is 1080. The summed E-state index contributed by atoms with van der Waals surface area (Å²) in [5.41, 5.74) is 3.80. The van der Waals surface area contributed by atoms with E-state index >= 15 is 0 Å². The average Bonchev–Trinajstić information content (AvgIpc) is 3.21. The van der Waals surface area contributed by atoms with Gasteiger partial charge in [-0.1, -0.05) is 42.5 Å². The minimum Gasteiger partial charge on any atom is -0.497 e. The summed E-state index contributed by atoms with van der Waals surface area (Å²) in [7, 11) is 3.46. The Morgan fingerprint density at radius 3 is 2.56 bits per heavy atom. The van der Waals surface area contributed by atoms with Gasteiger partial charge in [-0.2, -0.15) is 5.10 Å². The SMILES string of the molecule is COc1ccc(CNC(=O)C2CN(C(=O)CCc3ccccc3)Cc3cn(C)nc32)cc1. The van der Waals surface area contributed by atoms with Crippen LogP contribution in [0.15, 0.2) is 60.8 Å². The molecule has 1 N–H and O–H groups in total. The summed E-state index contributed by atoms with van der Waals surface area (Å²) >= 11 is 0. The summed E-state index contributed by atoms with van der Waals surface area (Å²) in [5.74, 6) is 0.214. The molecule has 0 spiro atoms. The van der Waals surface area contributed by atoms with Crippen molar-refractivity contribution in [3.63, 3.8) is 0 Å². The van der Waals surface area contributed by atoms with E-state index in [2.05, 4.69) is 10.4 Å². The van der Waals surface area contributed by atoms with E-state index in [4.69, 9.17) is 4.74 Å². The first-order chi connectivity index (χ1) is 15.5. The number of fused-ring (bicyclic) bond motifs is 1. The van der Waals surface area contributed by atoms with Crippen molar-refractivity contribution in [2.24, 2.45) is 7.05 Å². The molecule has 1 aliphatic heterocycles. The highest BCUT2D eigenvalue weighted by molar-refractivity contribution is 5.86. The minimum atomic E-state index is -0.487. The molecule has 1 aromatic heterocycles. The lowest BCUT2D eigenvalue weighted by Gasteiger charge is -2.31. The summed E-state index contributed by atoms with van der Waals surface area (Å²) in [5, 5.41) is 7.53. The number of methoxy groups -OCH3 is 1. The molecule has 0 fully saturated rings. The van der Waals surface area contributed by atoms with Crippen molar-refractivity contribution in [2.45, 2.75) is 31.8 Å². The Balaban J connectivity index is 1.42. The molecular formula is C25H28N4O3. The van der Waals surface area contributed by atoms with Gasteiger partial charge in [-0.15, -0.1) is 0 Å². The molecule has 4 rings (SSSR count). The van der Waals surface area contributed by atoms with Crippen LogP contribution in [-0.2, 0) is 36.1 Å². The smallest absolute Gasteiger partial charge is 0.231 e. The molecule has 0 aliphatic carbocycles. The Kier molecular flexibility index (Phi) is 6.54. The molecule has 1 atom stereocenters. The Labute approximate surface area is 188 Å². The second-order valence-electron chi connectivity index (χ2n) is 8.09. The fourth-order valence-electron chi connectivity index (χ4n) is 4.05. The number of aryl methyl sites for hydroxylation is 2. The predicted octanol–water partition coefficient (Wildman–Crippen LogP) is 2.80. The number of nitrogens with one attached hydrogen (secondary N) is 1. The molecule has 0 saturated heterocycles. The summed E-state index contributed by atoms with van der Waals surface area (Å²) in [6.07, 6.45) is 3.00. The summed E-state index contributed by atoms with van der Waals surface area (Å²) in [6, 6.07) is 17.6. The zero-order chi connectivity index (χ0) is 22.5. The zero-order valence-corrected chi connectivity index (χ0v) is 18.5. The standard InChI is InChI=1S/C25H28N4O3/c1-28-15-20-16-29(23(30)13-10-18-6-4-3-5-7-18)17-22(24(20)27-28)25(31)26-14-19-8-11-21(32-2)12-9-19/h3-9,11-12,15,22H,10,13-14,16-17H2,1-2H3,(H,26,31). The minimum absolute atomic E-state index is 0.0521. The van der Waals surface area contributed by atoms with E-state index in [1.807, 2.05) is 67.8 Å². The molecule has 7 nitrogen and oxygen atoms in total. The molecule has 166 valence electrons. The van der Waals surface area contributed by atoms with Crippen LogP contribution in [0.5, 0.6) is 5.75 Å². The molecule has 0 saturated carbocycles. The van der Waals surface area contributed by atoms with Crippen LogP contribution < -0.4 is 10.1 Å². The van der Waals surface area contributed by atoms with Crippen LogP contribution in [0.1, 0.15) is 34.7 Å². The molecule has 7 heteroatoms. The van der Waals surface area contributed by atoms with Crippen molar-refractivity contribution in [2.75, 3.05) is 13.7 Å². The fourth-order valence-corrected chi connectivity index (χ4v) is 4.05. The number of aromatic nitrogens is 2. The van der Waals surface area contributed by atoms with Gasteiger partial charge in [0.05, 0.1) is 18.7 Å². The maximum atomic E-state index is 13.1. The van der Waals surface area contributed by atoms with Crippen molar-refractivity contribution >= 4 is 11.8 Å². The highest BCUT2D eigenvalue weighted by atomic mass is 16.5. The Hall–Kier alpha value is -3.61. The fraction of sp³-hybridized carbons (Fsp3) is 0.320. The highest BCUT2D eigenvalue weighted by Crippen LogP contribution is 2.28. The van der Waals surface area contributed by atoms with Gasteiger partial charge in [-0.25, -0.2) is 0 Å². The van der Waals surface area contributed by atoms with Crippen LogP contribution in [0.4, 0.5) is 0 Å². The van der Waals surface area contributed by atoms with Crippen molar-refractivity contribution in [1.29, 1.82) is 0 Å². The summed E-state index contributed by atoms with van der Waals surface area (Å²) in [6.45, 7) is 1.23. The summed E-state index contributed by atoms with van der Waals surface area (Å²) in [4.78, 5) is 27.8. The molecule has 0 bridgehead atoms. The van der Waals surface area contributed by atoms with E-state index in [9.17, 15) is 9.59 Å². The predicted molar refractivity (Wildman–Crippen MR) is 121 cm³/mol. The van der Waals surface area contributed by atoms with E-state index < -0.39 is 5.92 Å². The van der Waals surface area contributed by atoms with Crippen LogP contribution in [0, 0.1) is 0 Å². The Morgan fingerprint density at radius 1 is 1.09 bits per heavy atom. The second kappa shape index (κ2) is 9.68. The molecular weight excluding hydrogens is 404 g/mol. The highest BCUT2D eigenvalue weighted by Gasteiger charge is 2.34. The van der Waals surface area contributed by atoms with E-state index in [1.165, 1.54) is 0 Å². The molecule has 0 radical (unpaired) electrons. The largest absolute Gasteiger partial charge is 0.497 e. The first-order valence-electron chi connectivity index (χ1n) is 10.8. The lowest BCUT2D eigenvalue weighted by molar-refractivity contribution is -0.133. The molecule has 2 aromatic carbocycles. The normalized spacial score (nSPS) is 15.2. The van der Waals surface area contributed by atoms with Gasteiger partial charge < -0.3 is 15.0 Å². The third-order valence-electron chi connectivity index (χ3n) is 5.80. The van der Waals surface area contributed by atoms with Gasteiger partial charge >= 0.3 is 0 Å². The van der Waals surface area contributed by atoms with E-state index in [1.54, 1.807) is 16.7 Å². The molecule has 32 heavy (non-hydrogen) atoms. The van der Waals surface area contributed by atoms with Crippen LogP contribution in [0.25, 0.3) is 0 Å². The molecule has 2 amide bonds. The maximum Gasteiger partial charge on any atom is 0.231 e. The third kappa shape index (κ3) is 4.99. The van der Waals surface area contributed by atoms with Crippen LogP contribution in [0.3, 0.4) is 0 Å². The topological polar surface area (TPSA) is 76.5 Å².